The lowest BCUT2D eigenvalue weighted by Gasteiger charge is -2.20. The summed E-state index contributed by atoms with van der Waals surface area (Å²) in [6.45, 7) is 3.10. The second kappa shape index (κ2) is 7.77. The fourth-order valence-corrected chi connectivity index (χ4v) is 4.51. The molecule has 0 fully saturated rings. The van der Waals surface area contributed by atoms with Crippen molar-refractivity contribution in [2.75, 3.05) is 6.61 Å². The van der Waals surface area contributed by atoms with E-state index in [9.17, 15) is 19.5 Å². The van der Waals surface area contributed by atoms with E-state index in [1.54, 1.807) is 23.9 Å². The molecule has 0 amide bonds. The summed E-state index contributed by atoms with van der Waals surface area (Å²) in [7, 11) is -10.0. The molecule has 0 bridgehead atoms. The summed E-state index contributed by atoms with van der Waals surface area (Å²) in [5.74, 6) is 0.486. The van der Waals surface area contributed by atoms with Gasteiger partial charge in [-0.25, -0.2) is 4.98 Å². The average molecular weight is 412 g/mol. The zero-order valence-corrected chi connectivity index (χ0v) is 15.8. The Bertz CT molecular complexity index is 803. The van der Waals surface area contributed by atoms with E-state index < -0.39 is 16.3 Å². The number of hydrogen-bond acceptors (Lipinski definition) is 10. The van der Waals surface area contributed by atoms with Crippen LogP contribution in [0.1, 0.15) is 16.4 Å². The van der Waals surface area contributed by atoms with Gasteiger partial charge in [0.1, 0.15) is 18.6 Å². The number of nitrogens with one attached hydrogen (secondary N) is 1. The van der Waals surface area contributed by atoms with E-state index in [2.05, 4.69) is 18.8 Å². The summed E-state index contributed by atoms with van der Waals surface area (Å²) in [6, 6.07) is 0. The predicted molar refractivity (Wildman–Crippen MR) is 85.0 cm³/mol. The molecule has 0 saturated heterocycles. The van der Waals surface area contributed by atoms with Crippen LogP contribution in [0.15, 0.2) is 16.5 Å². The van der Waals surface area contributed by atoms with Gasteiger partial charge in [-0.3, -0.25) is 4.79 Å². The molecular formula is C11H16N3O8P2S+. The van der Waals surface area contributed by atoms with Gasteiger partial charge >= 0.3 is 21.9 Å². The van der Waals surface area contributed by atoms with Crippen molar-refractivity contribution < 1.29 is 37.9 Å². The number of aromatic nitrogens is 3. The van der Waals surface area contributed by atoms with Crippen LogP contribution in [0, 0.1) is 13.8 Å². The maximum absolute atomic E-state index is 12.0. The number of aromatic amines is 1. The molecular weight excluding hydrogens is 396 g/mol. The minimum atomic E-state index is -5.14. The second-order valence-electron chi connectivity index (χ2n) is 4.91. The highest BCUT2D eigenvalue weighted by Gasteiger charge is 2.43. The van der Waals surface area contributed by atoms with Crippen molar-refractivity contribution in [3.05, 3.63) is 38.5 Å². The number of phosphoric ester groups is 1. The number of nitrogens with zero attached hydrogens (tertiary/aromatic N) is 2. The fraction of sp³-hybridized carbons (Fsp3) is 0.364. The normalized spacial score (nSPS) is 14.5. The van der Waals surface area contributed by atoms with E-state index in [1.165, 1.54) is 17.5 Å². The molecule has 2 aromatic heterocycles. The molecule has 138 valence electrons. The minimum absolute atomic E-state index is 0.176. The summed E-state index contributed by atoms with van der Waals surface area (Å²) >= 11 is 1.28. The van der Waals surface area contributed by atoms with Gasteiger partial charge in [0.25, 0.3) is 5.69 Å². The predicted octanol–water partition coefficient (Wildman–Crippen LogP) is -1.65. The first-order valence-corrected chi connectivity index (χ1v) is 10.7. The minimum Gasteiger partial charge on any atom is -0.603 e. The molecule has 1 unspecified atom stereocenters. The van der Waals surface area contributed by atoms with Crippen LogP contribution in [0.3, 0.4) is 0 Å². The zero-order chi connectivity index (χ0) is 18.8. The van der Waals surface area contributed by atoms with Crippen molar-refractivity contribution in [3.8, 4) is 5.69 Å². The van der Waals surface area contributed by atoms with Crippen LogP contribution in [0.5, 0.6) is 0 Å². The van der Waals surface area contributed by atoms with E-state index in [0.29, 0.717) is 17.2 Å². The van der Waals surface area contributed by atoms with Gasteiger partial charge < -0.3 is 14.8 Å². The van der Waals surface area contributed by atoms with E-state index in [0.717, 1.165) is 4.88 Å². The molecule has 0 spiro atoms. The summed E-state index contributed by atoms with van der Waals surface area (Å²) in [6.07, 6.45) is 1.61. The van der Waals surface area contributed by atoms with E-state index in [-0.39, 0.29) is 18.6 Å². The molecule has 1 atom stereocenters. The van der Waals surface area contributed by atoms with Crippen LogP contribution in [0.2, 0.25) is 0 Å². The third kappa shape index (κ3) is 5.80. The van der Waals surface area contributed by atoms with Gasteiger partial charge in [0, 0.05) is 17.7 Å². The maximum atomic E-state index is 12.0. The Morgan fingerprint density at radius 2 is 2.04 bits per heavy atom. The maximum Gasteiger partial charge on any atom is 0.434 e. The van der Waals surface area contributed by atoms with Gasteiger partial charge in [0.05, 0.1) is 4.88 Å². The molecule has 0 radical (unpaired) electrons. The lowest BCUT2D eigenvalue weighted by atomic mass is 10.3. The van der Waals surface area contributed by atoms with Gasteiger partial charge in [-0.2, -0.15) is 19.2 Å². The van der Waals surface area contributed by atoms with Gasteiger partial charge in [0.2, 0.25) is 5.51 Å². The average Bonchev–Trinajstić information content (AvgIpc) is 2.78. The number of thiazole rings is 1. The summed E-state index contributed by atoms with van der Waals surface area (Å²) in [4.78, 5) is 67.6. The van der Waals surface area contributed by atoms with Gasteiger partial charge in [-0.1, -0.05) is 11.3 Å². The van der Waals surface area contributed by atoms with E-state index in [4.69, 9.17) is 9.79 Å². The van der Waals surface area contributed by atoms with Crippen molar-refractivity contribution in [2.45, 2.75) is 20.3 Å². The molecule has 0 aliphatic heterocycles. The van der Waals surface area contributed by atoms with Crippen molar-refractivity contribution >= 4 is 27.7 Å². The Hall–Kier alpha value is -0.910. The number of H-pyrrole nitrogens is 1. The highest BCUT2D eigenvalue weighted by Crippen LogP contribution is 2.62. The Morgan fingerprint density at radius 3 is 2.64 bits per heavy atom. The second-order valence-corrected chi connectivity index (χ2v) is 8.68. The van der Waals surface area contributed by atoms with Gasteiger partial charge in [-0.05, 0) is 6.92 Å². The monoisotopic (exact) mass is 412 g/mol. The molecule has 14 heteroatoms. The molecule has 11 nitrogen and oxygen atoms in total. The molecule has 0 aliphatic rings. The standard InChI is InChI=1S/C11H15N3O8P2S/c1-7-10(3-4-21-24(19,20)22-23(16,17)18)25-6-14(7)9-5-12-8(2)13-11(9)15/h5-6H,3-4H2,1-2H3,(H3-,12,13,15,16,17,18,19,20)/p+1. The van der Waals surface area contributed by atoms with Crippen molar-refractivity contribution in [1.82, 2.24) is 9.97 Å². The summed E-state index contributed by atoms with van der Waals surface area (Å²) < 4.78 is 9.85. The Morgan fingerprint density at radius 1 is 1.36 bits per heavy atom. The Kier molecular flexibility index (Phi) is 6.34. The molecule has 0 aliphatic carbocycles. The summed E-state index contributed by atoms with van der Waals surface area (Å²) in [5.41, 5.74) is 2.39. The van der Waals surface area contributed by atoms with Crippen molar-refractivity contribution in [2.24, 2.45) is 0 Å². The van der Waals surface area contributed by atoms with Crippen molar-refractivity contribution in [1.29, 1.82) is 0 Å². The smallest absolute Gasteiger partial charge is 0.434 e. The molecule has 0 saturated carbocycles. The highest BCUT2D eigenvalue weighted by atomic mass is 32.1. The lowest BCUT2D eigenvalue weighted by Crippen LogP contribution is -2.38. The largest absolute Gasteiger partial charge is 0.603 e. The van der Waals surface area contributed by atoms with E-state index >= 15 is 0 Å². The molecule has 25 heavy (non-hydrogen) atoms. The molecule has 2 heterocycles. The summed E-state index contributed by atoms with van der Waals surface area (Å²) in [5, 5.41) is 0. The first kappa shape index (κ1) is 20.4. The third-order valence-electron chi connectivity index (χ3n) is 3.03. The van der Waals surface area contributed by atoms with Crippen LogP contribution in [0.4, 0.5) is 0 Å². The van der Waals surface area contributed by atoms with Crippen molar-refractivity contribution in [3.63, 3.8) is 0 Å². The number of aryl methyl sites for hydroxylation is 1. The van der Waals surface area contributed by atoms with Crippen LogP contribution >= 0.6 is 27.7 Å². The van der Waals surface area contributed by atoms with Crippen LogP contribution in [0.25, 0.3) is 5.69 Å². The number of phosphoric acid groups is 2. The molecule has 2 rings (SSSR count). The zero-order valence-electron chi connectivity index (χ0n) is 13.1. The molecule has 0 aromatic carbocycles. The first-order chi connectivity index (χ1) is 11.5. The van der Waals surface area contributed by atoms with Crippen LogP contribution in [-0.4, -0.2) is 31.3 Å². The Labute approximate surface area is 147 Å². The third-order valence-corrected chi connectivity index (χ3v) is 6.31. The Balaban J connectivity index is 2.06. The van der Waals surface area contributed by atoms with Crippen LogP contribution in [-0.2, 0) is 15.3 Å². The molecule has 4 N–H and O–H groups in total. The van der Waals surface area contributed by atoms with Gasteiger partial charge in [-0.15, -0.1) is 4.57 Å². The number of hydrogen-bond donors (Lipinski definition) is 4. The quantitative estimate of drug-likeness (QED) is 0.307. The first-order valence-electron chi connectivity index (χ1n) is 6.77. The topological polar surface area (TPSA) is 175 Å². The highest BCUT2D eigenvalue weighted by molar-refractivity contribution is 7.66. The SMILES string of the molecule is Cc1ncc(-[n+]2csc(CCO[P+]([O-])(O)O[P+]([O-])(O)O)c2C)c(=O)[nH]1. The number of rotatable bonds is 7. The van der Waals surface area contributed by atoms with Gasteiger partial charge in [0.15, 0.2) is 5.69 Å². The molecule has 2 aromatic rings. The lowest BCUT2D eigenvalue weighted by molar-refractivity contribution is -0.598. The fourth-order valence-electron chi connectivity index (χ4n) is 1.95. The van der Waals surface area contributed by atoms with Crippen LogP contribution < -0.4 is 19.9 Å². The van der Waals surface area contributed by atoms with E-state index in [1.807, 2.05) is 0 Å².